The van der Waals surface area contributed by atoms with Gasteiger partial charge in [-0.15, -0.1) is 0 Å². The normalized spacial score (nSPS) is 20.0. The van der Waals surface area contributed by atoms with E-state index in [1.165, 1.54) is 10.9 Å². The lowest BCUT2D eigenvalue weighted by molar-refractivity contribution is -0.144. The van der Waals surface area contributed by atoms with E-state index < -0.39 is 5.41 Å². The van der Waals surface area contributed by atoms with E-state index in [9.17, 15) is 10.1 Å². The van der Waals surface area contributed by atoms with E-state index in [2.05, 4.69) is 35.3 Å². The molecule has 2 aromatic rings. The molecule has 4 rings (SSSR count). The molecule has 128 valence electrons. The van der Waals surface area contributed by atoms with Crippen LogP contribution in [-0.2, 0) is 11.2 Å². The number of aromatic nitrogens is 1. The zero-order valence-corrected chi connectivity index (χ0v) is 14.4. The number of amides is 1. The number of nitriles is 1. The van der Waals surface area contributed by atoms with Crippen LogP contribution in [0.4, 0.5) is 0 Å². The first-order valence-corrected chi connectivity index (χ1v) is 9.24. The summed E-state index contributed by atoms with van der Waals surface area (Å²) >= 11 is 0. The monoisotopic (exact) mass is 333 g/mol. The minimum Gasteiger partial charge on any atom is -0.341 e. The Hall–Kier alpha value is -2.41. The van der Waals surface area contributed by atoms with Crippen LogP contribution in [0.15, 0.2) is 36.5 Å². The lowest BCUT2D eigenvalue weighted by atomic mass is 9.68. The molecule has 1 saturated heterocycles. The summed E-state index contributed by atoms with van der Waals surface area (Å²) < 4.78 is 0. The molecule has 2 heterocycles. The number of piperidine rings is 1. The molecule has 1 aliphatic heterocycles. The van der Waals surface area contributed by atoms with Crippen LogP contribution in [0.2, 0.25) is 0 Å². The van der Waals surface area contributed by atoms with Crippen molar-refractivity contribution in [3.05, 3.63) is 42.1 Å². The van der Waals surface area contributed by atoms with Crippen LogP contribution in [0.1, 0.15) is 37.7 Å². The fourth-order valence-electron chi connectivity index (χ4n) is 4.13. The fraction of sp³-hybridized carbons (Fsp3) is 0.476. The molecule has 2 aliphatic rings. The van der Waals surface area contributed by atoms with E-state index >= 15 is 0 Å². The van der Waals surface area contributed by atoms with Gasteiger partial charge in [0, 0.05) is 24.7 Å². The highest BCUT2D eigenvalue weighted by Crippen LogP contribution is 2.42. The maximum absolute atomic E-state index is 12.6. The summed E-state index contributed by atoms with van der Waals surface area (Å²) in [6.07, 6.45) is 7.42. The maximum Gasteiger partial charge on any atom is 0.243 e. The first kappa shape index (κ1) is 16.1. The summed E-state index contributed by atoms with van der Waals surface area (Å²) in [5, 5.41) is 10.6. The van der Waals surface area contributed by atoms with Crippen LogP contribution in [0.5, 0.6) is 0 Å². The van der Waals surface area contributed by atoms with E-state index in [0.29, 0.717) is 5.92 Å². The molecule has 0 atom stereocenters. The van der Waals surface area contributed by atoms with Crippen molar-refractivity contribution in [3.8, 4) is 6.07 Å². The highest BCUT2D eigenvalue weighted by Gasteiger charge is 2.47. The van der Waals surface area contributed by atoms with Gasteiger partial charge in [-0.3, -0.25) is 9.78 Å². The second-order valence-electron chi connectivity index (χ2n) is 7.52. The maximum atomic E-state index is 12.6. The van der Waals surface area contributed by atoms with Crippen molar-refractivity contribution >= 4 is 16.8 Å². The Morgan fingerprint density at radius 3 is 2.76 bits per heavy atom. The summed E-state index contributed by atoms with van der Waals surface area (Å²) in [6.45, 7) is 1.59. The largest absolute Gasteiger partial charge is 0.341 e. The van der Waals surface area contributed by atoms with Crippen molar-refractivity contribution in [3.63, 3.8) is 0 Å². The second-order valence-corrected chi connectivity index (χ2v) is 7.52. The van der Waals surface area contributed by atoms with Crippen molar-refractivity contribution in [2.45, 2.75) is 38.5 Å². The molecule has 1 aliphatic carbocycles. The average molecular weight is 333 g/mol. The van der Waals surface area contributed by atoms with Crippen LogP contribution in [0.25, 0.3) is 10.9 Å². The predicted octanol–water partition coefficient (Wildman–Crippen LogP) is 3.71. The number of fused-ring (bicyclic) bond motifs is 1. The molecule has 0 spiro atoms. The molecule has 0 unspecified atom stereocenters. The van der Waals surface area contributed by atoms with Gasteiger partial charge in [0.25, 0.3) is 0 Å². The Bertz CT molecular complexity index is 826. The molecule has 0 N–H and O–H groups in total. The number of nitrogens with zero attached hydrogens (tertiary/aromatic N) is 3. The quantitative estimate of drug-likeness (QED) is 0.860. The SMILES string of the molecule is N#CC1(C(=O)N2CCC(Cc3ccc4ncccc4c3)CC2)CCC1. The number of carbonyl (C=O) groups is 1. The first-order valence-electron chi connectivity index (χ1n) is 9.24. The highest BCUT2D eigenvalue weighted by atomic mass is 16.2. The van der Waals surface area contributed by atoms with Crippen molar-refractivity contribution in [1.82, 2.24) is 9.88 Å². The molecular formula is C21H23N3O. The zero-order valence-electron chi connectivity index (χ0n) is 14.4. The molecule has 25 heavy (non-hydrogen) atoms. The van der Waals surface area contributed by atoms with E-state index in [0.717, 1.165) is 57.1 Å². The number of hydrogen-bond acceptors (Lipinski definition) is 3. The van der Waals surface area contributed by atoms with Gasteiger partial charge in [0.1, 0.15) is 5.41 Å². The first-order chi connectivity index (χ1) is 12.2. The van der Waals surface area contributed by atoms with Gasteiger partial charge in [0.05, 0.1) is 11.6 Å². The fourth-order valence-corrected chi connectivity index (χ4v) is 4.13. The Kier molecular flexibility index (Phi) is 4.17. The molecule has 2 fully saturated rings. The van der Waals surface area contributed by atoms with Crippen LogP contribution in [0, 0.1) is 22.7 Å². The molecular weight excluding hydrogens is 310 g/mol. The Balaban J connectivity index is 1.37. The summed E-state index contributed by atoms with van der Waals surface area (Å²) in [4.78, 5) is 18.9. The van der Waals surface area contributed by atoms with Crippen molar-refractivity contribution in [2.24, 2.45) is 11.3 Å². The summed E-state index contributed by atoms with van der Waals surface area (Å²) in [7, 11) is 0. The topological polar surface area (TPSA) is 57.0 Å². The van der Waals surface area contributed by atoms with Gasteiger partial charge in [0.2, 0.25) is 5.91 Å². The Morgan fingerprint density at radius 2 is 2.08 bits per heavy atom. The van der Waals surface area contributed by atoms with Crippen LogP contribution in [-0.4, -0.2) is 28.9 Å². The van der Waals surface area contributed by atoms with Crippen LogP contribution >= 0.6 is 0 Å². The summed E-state index contributed by atoms with van der Waals surface area (Å²) in [6, 6.07) is 12.9. The predicted molar refractivity (Wildman–Crippen MR) is 96.6 cm³/mol. The highest BCUT2D eigenvalue weighted by molar-refractivity contribution is 5.86. The molecule has 1 amide bonds. The smallest absolute Gasteiger partial charge is 0.243 e. The molecule has 1 aromatic carbocycles. The van der Waals surface area contributed by atoms with Gasteiger partial charge in [0.15, 0.2) is 0 Å². The number of benzene rings is 1. The van der Waals surface area contributed by atoms with Crippen LogP contribution in [0.3, 0.4) is 0 Å². The summed E-state index contributed by atoms with van der Waals surface area (Å²) in [5.74, 6) is 0.689. The molecule has 1 aromatic heterocycles. The van der Waals surface area contributed by atoms with Gasteiger partial charge >= 0.3 is 0 Å². The number of likely N-dealkylation sites (tertiary alicyclic amines) is 1. The lowest BCUT2D eigenvalue weighted by Gasteiger charge is -2.41. The Morgan fingerprint density at radius 1 is 1.28 bits per heavy atom. The van der Waals surface area contributed by atoms with Crippen molar-refractivity contribution < 1.29 is 4.79 Å². The zero-order chi connectivity index (χ0) is 17.3. The van der Waals surface area contributed by atoms with Crippen molar-refractivity contribution in [1.29, 1.82) is 5.26 Å². The minimum atomic E-state index is -0.696. The van der Waals surface area contributed by atoms with Crippen LogP contribution < -0.4 is 0 Å². The van der Waals surface area contributed by atoms with Crippen molar-refractivity contribution in [2.75, 3.05) is 13.1 Å². The molecule has 4 nitrogen and oxygen atoms in total. The number of rotatable bonds is 3. The van der Waals surface area contributed by atoms with Gasteiger partial charge in [-0.25, -0.2) is 0 Å². The van der Waals surface area contributed by atoms with Gasteiger partial charge in [-0.2, -0.15) is 5.26 Å². The van der Waals surface area contributed by atoms with E-state index in [1.54, 1.807) is 0 Å². The van der Waals surface area contributed by atoms with Gasteiger partial charge in [-0.1, -0.05) is 12.1 Å². The third kappa shape index (κ3) is 3.00. The lowest BCUT2D eigenvalue weighted by Crippen LogP contribution is -2.49. The van der Waals surface area contributed by atoms with E-state index in [4.69, 9.17) is 0 Å². The Labute approximate surface area is 148 Å². The van der Waals surface area contributed by atoms with E-state index in [1.807, 2.05) is 17.2 Å². The number of carbonyl (C=O) groups excluding carboxylic acids is 1. The standard InChI is InChI=1S/C21H23N3O/c22-15-21(8-2-9-21)20(25)24-11-6-16(7-12-24)13-17-4-5-19-18(14-17)3-1-10-23-19/h1,3-5,10,14,16H,2,6-9,11-13H2. The third-order valence-electron chi connectivity index (χ3n) is 5.92. The second kappa shape index (κ2) is 6.48. The molecule has 4 heteroatoms. The van der Waals surface area contributed by atoms with Gasteiger partial charge in [-0.05, 0) is 68.2 Å². The van der Waals surface area contributed by atoms with E-state index in [-0.39, 0.29) is 5.91 Å². The summed E-state index contributed by atoms with van der Waals surface area (Å²) in [5.41, 5.74) is 1.68. The van der Waals surface area contributed by atoms with Gasteiger partial charge < -0.3 is 4.90 Å². The number of hydrogen-bond donors (Lipinski definition) is 0. The minimum absolute atomic E-state index is 0.0801. The molecule has 0 bridgehead atoms. The average Bonchev–Trinajstić information content (AvgIpc) is 2.62. The molecule has 1 saturated carbocycles. The number of pyridine rings is 1. The third-order valence-corrected chi connectivity index (χ3v) is 5.92. The molecule has 0 radical (unpaired) electrons.